The van der Waals surface area contributed by atoms with Crippen molar-refractivity contribution in [1.82, 2.24) is 4.98 Å². The Morgan fingerprint density at radius 3 is 2.65 bits per heavy atom. The van der Waals surface area contributed by atoms with E-state index in [9.17, 15) is 9.59 Å². The van der Waals surface area contributed by atoms with Crippen LogP contribution >= 0.6 is 0 Å². The second-order valence-electron chi connectivity index (χ2n) is 2.97. The number of aromatic nitrogens is 1. The fourth-order valence-corrected chi connectivity index (χ4v) is 1.14. The van der Waals surface area contributed by atoms with Crippen LogP contribution in [-0.2, 0) is 9.47 Å². The number of nitrogens with one attached hydrogen (secondary N) is 1. The maximum Gasteiger partial charge on any atom is 0.412 e. The van der Waals surface area contributed by atoms with Gasteiger partial charge in [0.2, 0.25) is 0 Å². The summed E-state index contributed by atoms with van der Waals surface area (Å²) < 4.78 is 9.54. The summed E-state index contributed by atoms with van der Waals surface area (Å²) in [6.45, 7) is 3.89. The van der Waals surface area contributed by atoms with E-state index in [0.717, 1.165) is 0 Å². The molecule has 1 amide bonds. The molecule has 0 aromatic carbocycles. The van der Waals surface area contributed by atoms with Gasteiger partial charge in [-0.25, -0.2) is 14.6 Å². The number of hydrogen-bond donors (Lipinski definition) is 1. The quantitative estimate of drug-likeness (QED) is 0.809. The van der Waals surface area contributed by atoms with Crippen LogP contribution < -0.4 is 5.32 Å². The first kappa shape index (κ1) is 13.0. The first-order valence-corrected chi connectivity index (χ1v) is 5.25. The lowest BCUT2D eigenvalue weighted by molar-refractivity contribution is 0.0527. The summed E-state index contributed by atoms with van der Waals surface area (Å²) in [5.41, 5.74) is 0.197. The topological polar surface area (TPSA) is 77.5 Å². The van der Waals surface area contributed by atoms with Crippen molar-refractivity contribution >= 4 is 17.9 Å². The monoisotopic (exact) mass is 238 g/mol. The van der Waals surface area contributed by atoms with Crippen molar-refractivity contribution in [2.75, 3.05) is 18.5 Å². The summed E-state index contributed by atoms with van der Waals surface area (Å²) in [7, 11) is 0. The van der Waals surface area contributed by atoms with E-state index >= 15 is 0 Å². The molecule has 0 aliphatic heterocycles. The smallest absolute Gasteiger partial charge is 0.412 e. The molecule has 0 fully saturated rings. The normalized spacial score (nSPS) is 9.53. The summed E-state index contributed by atoms with van der Waals surface area (Å²) in [4.78, 5) is 26.7. The van der Waals surface area contributed by atoms with E-state index in [0.29, 0.717) is 0 Å². The Morgan fingerprint density at radius 1 is 1.29 bits per heavy atom. The lowest BCUT2D eigenvalue weighted by Crippen LogP contribution is -2.17. The third-order valence-electron chi connectivity index (χ3n) is 1.80. The first-order valence-electron chi connectivity index (χ1n) is 5.25. The van der Waals surface area contributed by atoms with Gasteiger partial charge in [-0.2, -0.15) is 0 Å². The number of nitrogens with zero attached hydrogens (tertiary/aromatic N) is 1. The summed E-state index contributed by atoms with van der Waals surface area (Å²) in [5.74, 6) is -0.406. The molecule has 17 heavy (non-hydrogen) atoms. The van der Waals surface area contributed by atoms with E-state index < -0.39 is 12.1 Å². The maximum absolute atomic E-state index is 11.6. The molecule has 6 heteroatoms. The molecule has 92 valence electrons. The highest BCUT2D eigenvalue weighted by Gasteiger charge is 2.15. The number of carbonyl (C=O) groups excluding carboxylic acids is 2. The van der Waals surface area contributed by atoms with Crippen molar-refractivity contribution in [3.05, 3.63) is 23.9 Å². The molecule has 0 spiro atoms. The molecule has 0 saturated carbocycles. The van der Waals surface area contributed by atoms with E-state index in [4.69, 9.17) is 9.47 Å². The molecule has 0 aliphatic carbocycles. The number of amides is 1. The van der Waals surface area contributed by atoms with E-state index in [1.807, 2.05) is 0 Å². The van der Waals surface area contributed by atoms with E-state index in [-0.39, 0.29) is 24.6 Å². The third kappa shape index (κ3) is 3.75. The van der Waals surface area contributed by atoms with Crippen LogP contribution in [0.2, 0.25) is 0 Å². The van der Waals surface area contributed by atoms with E-state index in [2.05, 4.69) is 10.3 Å². The molecule has 0 saturated heterocycles. The number of esters is 1. The van der Waals surface area contributed by atoms with Crippen LogP contribution in [0, 0.1) is 0 Å². The minimum Gasteiger partial charge on any atom is -0.462 e. The number of pyridine rings is 1. The Balaban J connectivity index is 2.84. The third-order valence-corrected chi connectivity index (χ3v) is 1.80. The van der Waals surface area contributed by atoms with Crippen LogP contribution in [0.5, 0.6) is 0 Å². The number of hydrogen-bond acceptors (Lipinski definition) is 5. The second-order valence-corrected chi connectivity index (χ2v) is 2.97. The van der Waals surface area contributed by atoms with Gasteiger partial charge in [-0.3, -0.25) is 5.32 Å². The Hall–Kier alpha value is -2.11. The average molecular weight is 238 g/mol. The highest BCUT2D eigenvalue weighted by Crippen LogP contribution is 2.13. The van der Waals surface area contributed by atoms with Crippen LogP contribution in [-0.4, -0.2) is 30.3 Å². The Kier molecular flexibility index (Phi) is 4.93. The summed E-state index contributed by atoms with van der Waals surface area (Å²) in [6.07, 6.45) is 0.807. The fourth-order valence-electron chi connectivity index (χ4n) is 1.14. The number of carbonyl (C=O) groups is 2. The van der Waals surface area contributed by atoms with Gasteiger partial charge < -0.3 is 9.47 Å². The van der Waals surface area contributed by atoms with Crippen LogP contribution in [0.15, 0.2) is 18.3 Å². The van der Waals surface area contributed by atoms with Crippen molar-refractivity contribution in [2.45, 2.75) is 13.8 Å². The molecule has 6 nitrogen and oxygen atoms in total. The molecule has 0 bridgehead atoms. The highest BCUT2D eigenvalue weighted by molar-refractivity contribution is 5.98. The lowest BCUT2D eigenvalue weighted by atomic mass is 10.2. The van der Waals surface area contributed by atoms with Gasteiger partial charge in [0.25, 0.3) is 0 Å². The Morgan fingerprint density at radius 2 is 2.00 bits per heavy atom. The lowest BCUT2D eigenvalue weighted by Gasteiger charge is -2.08. The molecule has 1 aromatic rings. The minimum atomic E-state index is -0.656. The summed E-state index contributed by atoms with van der Waals surface area (Å²) in [5, 5.41) is 2.38. The average Bonchev–Trinajstić information content (AvgIpc) is 2.30. The standard InChI is InChI=1S/C11H14N2O4/c1-3-16-10(14)8-6-5-7-12-9(8)13-11(15)17-4-2/h5-7H,3-4H2,1-2H3,(H,12,13,15). The van der Waals surface area contributed by atoms with Crippen LogP contribution in [0.25, 0.3) is 0 Å². The molecule has 0 radical (unpaired) electrons. The maximum atomic E-state index is 11.6. The van der Waals surface area contributed by atoms with Gasteiger partial charge in [-0.15, -0.1) is 0 Å². The number of anilines is 1. The largest absolute Gasteiger partial charge is 0.462 e. The van der Waals surface area contributed by atoms with Crippen molar-refractivity contribution < 1.29 is 19.1 Å². The van der Waals surface area contributed by atoms with Gasteiger partial charge in [0.1, 0.15) is 11.4 Å². The van der Waals surface area contributed by atoms with Crippen LogP contribution in [0.4, 0.5) is 10.6 Å². The second kappa shape index (κ2) is 6.47. The van der Waals surface area contributed by atoms with Crippen molar-refractivity contribution in [2.24, 2.45) is 0 Å². The number of rotatable bonds is 4. The zero-order valence-electron chi connectivity index (χ0n) is 9.73. The molecule has 0 atom stereocenters. The predicted octanol–water partition coefficient (Wildman–Crippen LogP) is 1.83. The predicted molar refractivity (Wildman–Crippen MR) is 60.8 cm³/mol. The van der Waals surface area contributed by atoms with Gasteiger partial charge >= 0.3 is 12.1 Å². The molecule has 1 aromatic heterocycles. The van der Waals surface area contributed by atoms with Crippen LogP contribution in [0.3, 0.4) is 0 Å². The minimum absolute atomic E-state index is 0.129. The van der Waals surface area contributed by atoms with Gasteiger partial charge in [0, 0.05) is 6.20 Å². The zero-order valence-corrected chi connectivity index (χ0v) is 9.73. The van der Waals surface area contributed by atoms with Crippen molar-refractivity contribution in [3.63, 3.8) is 0 Å². The zero-order chi connectivity index (χ0) is 12.7. The molecule has 1 N–H and O–H groups in total. The first-order chi connectivity index (χ1) is 8.19. The molecule has 1 heterocycles. The molecule has 0 aliphatic rings. The van der Waals surface area contributed by atoms with E-state index in [1.54, 1.807) is 19.9 Å². The fraction of sp³-hybridized carbons (Fsp3) is 0.364. The Labute approximate surface area is 98.9 Å². The molecular formula is C11H14N2O4. The van der Waals surface area contributed by atoms with Gasteiger partial charge in [-0.1, -0.05) is 0 Å². The van der Waals surface area contributed by atoms with Gasteiger partial charge in [-0.05, 0) is 26.0 Å². The SMILES string of the molecule is CCOC(=O)Nc1ncccc1C(=O)OCC. The molecule has 0 unspecified atom stereocenters. The van der Waals surface area contributed by atoms with Gasteiger partial charge in [0.15, 0.2) is 0 Å². The summed E-state index contributed by atoms with van der Waals surface area (Å²) in [6, 6.07) is 3.11. The van der Waals surface area contributed by atoms with Gasteiger partial charge in [0.05, 0.1) is 13.2 Å². The van der Waals surface area contributed by atoms with Crippen LogP contribution in [0.1, 0.15) is 24.2 Å². The highest BCUT2D eigenvalue weighted by atomic mass is 16.5. The van der Waals surface area contributed by atoms with Crippen molar-refractivity contribution in [1.29, 1.82) is 0 Å². The Bertz CT molecular complexity index is 406. The molecule has 1 rings (SSSR count). The summed E-state index contributed by atoms with van der Waals surface area (Å²) >= 11 is 0. The van der Waals surface area contributed by atoms with Crippen molar-refractivity contribution in [3.8, 4) is 0 Å². The number of ether oxygens (including phenoxy) is 2. The molecular weight excluding hydrogens is 224 g/mol. The van der Waals surface area contributed by atoms with E-state index in [1.165, 1.54) is 12.3 Å².